The third kappa shape index (κ3) is 4.31. The fourth-order valence-corrected chi connectivity index (χ4v) is 5.70. The molecule has 0 amide bonds. The molecule has 2 saturated heterocycles. The van der Waals surface area contributed by atoms with Crippen molar-refractivity contribution < 1.29 is 17.9 Å². The number of fused-ring (bicyclic) bond motifs is 2. The molecule has 0 saturated carbocycles. The zero-order valence-electron chi connectivity index (χ0n) is 18.7. The molecule has 4 heterocycles. The SMILES string of the molecule is CC(C)(C)c1ccnc(NC2COC3C(NS(=O)(=O)c4cccc5cccnc45)COC23)n1. The number of anilines is 1. The molecule has 2 aliphatic heterocycles. The van der Waals surface area contributed by atoms with E-state index in [0.29, 0.717) is 18.1 Å². The van der Waals surface area contributed by atoms with Gasteiger partial charge in [0.05, 0.1) is 36.5 Å². The van der Waals surface area contributed by atoms with Crippen LogP contribution in [0.25, 0.3) is 10.9 Å². The molecule has 0 aliphatic carbocycles. The number of rotatable bonds is 5. The lowest BCUT2D eigenvalue weighted by molar-refractivity contribution is 0.0690. The van der Waals surface area contributed by atoms with Gasteiger partial charge >= 0.3 is 0 Å². The van der Waals surface area contributed by atoms with Gasteiger partial charge in [-0.25, -0.2) is 23.1 Å². The van der Waals surface area contributed by atoms with Crippen LogP contribution in [0.4, 0.5) is 5.95 Å². The number of pyridine rings is 1. The Kier molecular flexibility index (Phi) is 5.56. The van der Waals surface area contributed by atoms with Gasteiger partial charge in [-0.2, -0.15) is 0 Å². The van der Waals surface area contributed by atoms with Crippen LogP contribution in [-0.2, 0) is 24.9 Å². The summed E-state index contributed by atoms with van der Waals surface area (Å²) in [6.07, 6.45) is 2.59. The molecule has 0 radical (unpaired) electrons. The van der Waals surface area contributed by atoms with E-state index in [4.69, 9.17) is 9.47 Å². The molecule has 3 aromatic rings. The van der Waals surface area contributed by atoms with Crippen LogP contribution in [0, 0.1) is 0 Å². The standard InChI is InChI=1S/C23H27N5O4S/c1-23(2,3)18-9-11-25-22(27-18)26-15-12-31-21-16(13-32-20(15)21)28-33(29,30)17-8-4-6-14-7-5-10-24-19(14)17/h4-11,15-16,20-21,28H,12-13H2,1-3H3,(H,25,26,27). The van der Waals surface area contributed by atoms with E-state index in [2.05, 4.69) is 45.8 Å². The average molecular weight is 470 g/mol. The fraction of sp³-hybridized carbons (Fsp3) is 0.435. The van der Waals surface area contributed by atoms with Gasteiger partial charge in [0.1, 0.15) is 17.1 Å². The van der Waals surface area contributed by atoms with Crippen molar-refractivity contribution in [2.24, 2.45) is 0 Å². The van der Waals surface area contributed by atoms with Crippen LogP contribution in [-0.4, -0.2) is 60.9 Å². The van der Waals surface area contributed by atoms with Crippen molar-refractivity contribution in [2.75, 3.05) is 18.5 Å². The van der Waals surface area contributed by atoms with Gasteiger partial charge in [0.15, 0.2) is 0 Å². The predicted octanol–water partition coefficient (Wildman–Crippen LogP) is 2.25. The van der Waals surface area contributed by atoms with Crippen molar-refractivity contribution >= 4 is 26.9 Å². The van der Waals surface area contributed by atoms with Gasteiger partial charge in [0, 0.05) is 23.2 Å². The smallest absolute Gasteiger partial charge is 0.243 e. The quantitative estimate of drug-likeness (QED) is 0.585. The summed E-state index contributed by atoms with van der Waals surface area (Å²) >= 11 is 0. The first-order valence-corrected chi connectivity index (χ1v) is 12.4. The molecule has 4 unspecified atom stereocenters. The van der Waals surface area contributed by atoms with Crippen molar-refractivity contribution in [2.45, 2.75) is 55.4 Å². The van der Waals surface area contributed by atoms with Gasteiger partial charge in [0.25, 0.3) is 0 Å². The number of nitrogens with zero attached hydrogens (tertiary/aromatic N) is 3. The highest BCUT2D eigenvalue weighted by atomic mass is 32.2. The number of sulfonamides is 1. The Labute approximate surface area is 193 Å². The molecule has 33 heavy (non-hydrogen) atoms. The first-order chi connectivity index (χ1) is 15.7. The number of nitrogens with one attached hydrogen (secondary N) is 2. The molecule has 0 spiro atoms. The molecule has 174 valence electrons. The Balaban J connectivity index is 1.31. The van der Waals surface area contributed by atoms with Crippen molar-refractivity contribution in [1.29, 1.82) is 0 Å². The van der Waals surface area contributed by atoms with E-state index in [0.717, 1.165) is 11.1 Å². The monoisotopic (exact) mass is 469 g/mol. The second kappa shape index (κ2) is 8.28. The summed E-state index contributed by atoms with van der Waals surface area (Å²) in [5.74, 6) is 0.506. The number of para-hydroxylation sites is 1. The summed E-state index contributed by atoms with van der Waals surface area (Å²) in [4.78, 5) is 13.4. The maximum Gasteiger partial charge on any atom is 0.243 e. The number of aromatic nitrogens is 3. The minimum atomic E-state index is -3.82. The molecular weight excluding hydrogens is 442 g/mol. The molecule has 2 aliphatic rings. The van der Waals surface area contributed by atoms with Crippen LogP contribution in [0.2, 0.25) is 0 Å². The lowest BCUT2D eigenvalue weighted by atomic mass is 9.92. The van der Waals surface area contributed by atoms with Crippen LogP contribution in [0.15, 0.2) is 53.7 Å². The van der Waals surface area contributed by atoms with Gasteiger partial charge in [-0.1, -0.05) is 39.0 Å². The Bertz CT molecular complexity index is 1270. The normalized spacial score (nSPS) is 25.3. The van der Waals surface area contributed by atoms with E-state index in [9.17, 15) is 8.42 Å². The number of hydrogen-bond acceptors (Lipinski definition) is 8. The van der Waals surface area contributed by atoms with Gasteiger partial charge in [-0.15, -0.1) is 0 Å². The van der Waals surface area contributed by atoms with E-state index < -0.39 is 22.2 Å². The maximum atomic E-state index is 13.2. The first kappa shape index (κ1) is 22.1. The van der Waals surface area contributed by atoms with E-state index in [1.54, 1.807) is 30.6 Å². The third-order valence-electron chi connectivity index (χ3n) is 5.98. The molecule has 2 aromatic heterocycles. The van der Waals surface area contributed by atoms with Gasteiger partial charge < -0.3 is 14.8 Å². The lowest BCUT2D eigenvalue weighted by Gasteiger charge is -2.21. The molecule has 5 rings (SSSR count). The Morgan fingerprint density at radius 2 is 1.67 bits per heavy atom. The molecule has 4 atom stereocenters. The fourth-order valence-electron chi connectivity index (χ4n) is 4.29. The molecule has 2 N–H and O–H groups in total. The topological polar surface area (TPSA) is 115 Å². The zero-order valence-corrected chi connectivity index (χ0v) is 19.5. The molecule has 10 heteroatoms. The lowest BCUT2D eigenvalue weighted by Crippen LogP contribution is -2.44. The van der Waals surface area contributed by atoms with Gasteiger partial charge in [-0.3, -0.25) is 4.98 Å². The zero-order chi connectivity index (χ0) is 23.2. The Hall–Kier alpha value is -2.66. The molecule has 2 fully saturated rings. The minimum Gasteiger partial charge on any atom is -0.371 e. The van der Waals surface area contributed by atoms with Gasteiger partial charge in [-0.05, 0) is 18.2 Å². The first-order valence-electron chi connectivity index (χ1n) is 10.9. The molecule has 0 bridgehead atoms. The van der Waals surface area contributed by atoms with E-state index in [-0.39, 0.29) is 29.1 Å². The number of ether oxygens (including phenoxy) is 2. The van der Waals surface area contributed by atoms with Crippen LogP contribution in [0.1, 0.15) is 26.5 Å². The summed E-state index contributed by atoms with van der Waals surface area (Å²) in [7, 11) is -3.82. The Morgan fingerprint density at radius 3 is 2.45 bits per heavy atom. The summed E-state index contributed by atoms with van der Waals surface area (Å²) in [5, 5.41) is 4.07. The highest BCUT2D eigenvalue weighted by Gasteiger charge is 2.49. The molecule has 9 nitrogen and oxygen atoms in total. The molecule has 1 aromatic carbocycles. The van der Waals surface area contributed by atoms with E-state index in [1.807, 2.05) is 18.2 Å². The van der Waals surface area contributed by atoms with Crippen LogP contribution < -0.4 is 10.0 Å². The minimum absolute atomic E-state index is 0.0994. The van der Waals surface area contributed by atoms with Gasteiger partial charge in [0.2, 0.25) is 16.0 Å². The summed E-state index contributed by atoms with van der Waals surface area (Å²) in [6, 6.07) is 9.94. The van der Waals surface area contributed by atoms with Crippen molar-refractivity contribution in [3.8, 4) is 0 Å². The highest BCUT2D eigenvalue weighted by molar-refractivity contribution is 7.89. The second-order valence-corrected chi connectivity index (χ2v) is 11.1. The van der Waals surface area contributed by atoms with E-state index in [1.165, 1.54) is 0 Å². The van der Waals surface area contributed by atoms with Crippen molar-refractivity contribution in [1.82, 2.24) is 19.7 Å². The summed E-state index contributed by atoms with van der Waals surface area (Å²) < 4.78 is 41.1. The highest BCUT2D eigenvalue weighted by Crippen LogP contribution is 2.30. The largest absolute Gasteiger partial charge is 0.371 e. The summed E-state index contributed by atoms with van der Waals surface area (Å²) in [5.41, 5.74) is 1.26. The van der Waals surface area contributed by atoms with Crippen LogP contribution >= 0.6 is 0 Å². The average Bonchev–Trinajstić information content (AvgIpc) is 3.36. The van der Waals surface area contributed by atoms with Crippen LogP contribution in [0.3, 0.4) is 0 Å². The third-order valence-corrected chi connectivity index (χ3v) is 7.51. The number of hydrogen-bond donors (Lipinski definition) is 2. The van der Waals surface area contributed by atoms with Crippen molar-refractivity contribution in [3.63, 3.8) is 0 Å². The predicted molar refractivity (Wildman–Crippen MR) is 123 cm³/mol. The molecular formula is C23H27N5O4S. The van der Waals surface area contributed by atoms with E-state index >= 15 is 0 Å². The second-order valence-electron chi connectivity index (χ2n) is 9.42. The Morgan fingerprint density at radius 1 is 0.939 bits per heavy atom. The number of benzene rings is 1. The summed E-state index contributed by atoms with van der Waals surface area (Å²) in [6.45, 7) is 6.86. The maximum absolute atomic E-state index is 13.2. The van der Waals surface area contributed by atoms with Crippen molar-refractivity contribution in [3.05, 3.63) is 54.5 Å². The van der Waals surface area contributed by atoms with Crippen LogP contribution in [0.5, 0.6) is 0 Å².